The molecule has 0 saturated carbocycles. The monoisotopic (exact) mass is 371 g/mol. The van der Waals surface area contributed by atoms with Gasteiger partial charge < -0.3 is 19.5 Å². The van der Waals surface area contributed by atoms with E-state index in [-0.39, 0.29) is 0 Å². The number of ether oxygens (including phenoxy) is 3. The van der Waals surface area contributed by atoms with Gasteiger partial charge in [-0.15, -0.1) is 11.3 Å². The lowest BCUT2D eigenvalue weighted by Gasteiger charge is -2.11. The van der Waals surface area contributed by atoms with Gasteiger partial charge in [-0.1, -0.05) is 12.1 Å². The highest BCUT2D eigenvalue weighted by molar-refractivity contribution is 7.13. The molecule has 0 radical (unpaired) electrons. The number of benzene rings is 1. The number of hydrogen-bond acceptors (Lipinski definition) is 7. The lowest BCUT2D eigenvalue weighted by atomic mass is 10.1. The Morgan fingerprint density at radius 1 is 0.962 bits per heavy atom. The summed E-state index contributed by atoms with van der Waals surface area (Å²) >= 11 is 1.63. The highest BCUT2D eigenvalue weighted by atomic mass is 32.1. The van der Waals surface area contributed by atoms with Gasteiger partial charge >= 0.3 is 6.01 Å². The second-order valence-corrected chi connectivity index (χ2v) is 6.42. The molecule has 136 valence electrons. The molecule has 0 saturated heterocycles. The molecule has 7 heteroatoms. The predicted molar refractivity (Wildman–Crippen MR) is 104 cm³/mol. The van der Waals surface area contributed by atoms with Crippen LogP contribution in [0.4, 0.5) is 5.82 Å². The maximum Gasteiger partial charge on any atom is 0.318 e. The maximum absolute atomic E-state index is 5.35. The minimum atomic E-state index is 0.351. The summed E-state index contributed by atoms with van der Waals surface area (Å²) in [5.41, 5.74) is 2.00. The average Bonchev–Trinajstić information content (AvgIpc) is 3.22. The molecule has 0 spiro atoms. The first kappa shape index (κ1) is 18.0. The van der Waals surface area contributed by atoms with Gasteiger partial charge in [-0.25, -0.2) is 0 Å². The third-order valence-electron chi connectivity index (χ3n) is 3.83. The van der Waals surface area contributed by atoms with Gasteiger partial charge in [-0.05, 0) is 35.6 Å². The zero-order valence-corrected chi connectivity index (χ0v) is 15.8. The fourth-order valence-electron chi connectivity index (χ4n) is 2.53. The second kappa shape index (κ2) is 8.53. The summed E-state index contributed by atoms with van der Waals surface area (Å²) in [6, 6.07) is 12.2. The normalized spacial score (nSPS) is 10.4. The van der Waals surface area contributed by atoms with Crippen LogP contribution < -0.4 is 19.5 Å². The van der Waals surface area contributed by atoms with Crippen LogP contribution >= 0.6 is 11.3 Å². The number of anilines is 1. The van der Waals surface area contributed by atoms with Gasteiger partial charge in [-0.2, -0.15) is 9.97 Å². The Morgan fingerprint density at radius 2 is 1.81 bits per heavy atom. The Morgan fingerprint density at radius 3 is 2.50 bits per heavy atom. The Bertz CT molecular complexity index is 853. The smallest absolute Gasteiger partial charge is 0.318 e. The summed E-state index contributed by atoms with van der Waals surface area (Å²) in [4.78, 5) is 9.86. The second-order valence-electron chi connectivity index (χ2n) is 5.47. The Labute approximate surface area is 156 Å². The number of nitrogens with zero attached hydrogens (tertiary/aromatic N) is 2. The number of thiophene rings is 1. The lowest BCUT2D eigenvalue weighted by molar-refractivity contribution is 0.354. The molecule has 0 fully saturated rings. The van der Waals surface area contributed by atoms with E-state index in [4.69, 9.17) is 14.2 Å². The van der Waals surface area contributed by atoms with E-state index in [2.05, 4.69) is 15.3 Å². The van der Waals surface area contributed by atoms with E-state index in [0.29, 0.717) is 6.01 Å². The Kier molecular flexibility index (Phi) is 5.91. The molecule has 0 aliphatic rings. The molecule has 2 aromatic heterocycles. The molecule has 2 heterocycles. The zero-order chi connectivity index (χ0) is 18.4. The van der Waals surface area contributed by atoms with Crippen molar-refractivity contribution in [1.29, 1.82) is 0 Å². The average molecular weight is 371 g/mol. The van der Waals surface area contributed by atoms with Crippen molar-refractivity contribution in [2.24, 2.45) is 0 Å². The van der Waals surface area contributed by atoms with Crippen molar-refractivity contribution in [3.63, 3.8) is 0 Å². The third kappa shape index (κ3) is 4.23. The first-order valence-corrected chi connectivity index (χ1v) is 9.03. The van der Waals surface area contributed by atoms with Gasteiger partial charge in [0.25, 0.3) is 0 Å². The topological polar surface area (TPSA) is 65.5 Å². The van der Waals surface area contributed by atoms with E-state index >= 15 is 0 Å². The van der Waals surface area contributed by atoms with Crippen molar-refractivity contribution in [1.82, 2.24) is 9.97 Å². The van der Waals surface area contributed by atoms with Crippen LogP contribution in [-0.4, -0.2) is 37.8 Å². The molecule has 0 unspecified atom stereocenters. The van der Waals surface area contributed by atoms with E-state index in [9.17, 15) is 0 Å². The molecule has 0 amide bonds. The van der Waals surface area contributed by atoms with Gasteiger partial charge in [0, 0.05) is 12.6 Å². The highest BCUT2D eigenvalue weighted by Crippen LogP contribution is 2.28. The Hall–Kier alpha value is -2.80. The number of rotatable bonds is 8. The van der Waals surface area contributed by atoms with Gasteiger partial charge in [0.2, 0.25) is 0 Å². The molecule has 26 heavy (non-hydrogen) atoms. The number of methoxy groups -OCH3 is 3. The summed E-state index contributed by atoms with van der Waals surface area (Å²) in [6.07, 6.45) is 0.820. The minimum absolute atomic E-state index is 0.351. The van der Waals surface area contributed by atoms with Crippen LogP contribution in [0.3, 0.4) is 0 Å². The highest BCUT2D eigenvalue weighted by Gasteiger charge is 2.08. The molecule has 1 N–H and O–H groups in total. The van der Waals surface area contributed by atoms with E-state index in [0.717, 1.165) is 46.4 Å². The summed E-state index contributed by atoms with van der Waals surface area (Å²) in [7, 11) is 4.84. The van der Waals surface area contributed by atoms with E-state index in [1.165, 1.54) is 0 Å². The summed E-state index contributed by atoms with van der Waals surface area (Å²) in [5, 5.41) is 5.36. The first-order chi connectivity index (χ1) is 12.7. The van der Waals surface area contributed by atoms with Crippen molar-refractivity contribution >= 4 is 17.2 Å². The Balaban J connectivity index is 1.69. The van der Waals surface area contributed by atoms with Gasteiger partial charge in [0.1, 0.15) is 5.82 Å². The summed E-state index contributed by atoms with van der Waals surface area (Å²) in [6.45, 7) is 0.722. The molecule has 0 bridgehead atoms. The van der Waals surface area contributed by atoms with Crippen molar-refractivity contribution in [3.8, 4) is 28.1 Å². The van der Waals surface area contributed by atoms with Crippen LogP contribution in [0.15, 0.2) is 41.8 Å². The van der Waals surface area contributed by atoms with Crippen molar-refractivity contribution in [2.45, 2.75) is 6.42 Å². The van der Waals surface area contributed by atoms with Crippen molar-refractivity contribution < 1.29 is 14.2 Å². The number of nitrogens with one attached hydrogen (secondary N) is 1. The fraction of sp³-hybridized carbons (Fsp3) is 0.263. The third-order valence-corrected chi connectivity index (χ3v) is 4.72. The molecule has 3 aromatic rings. The van der Waals surface area contributed by atoms with Crippen LogP contribution in [0.1, 0.15) is 5.56 Å². The zero-order valence-electron chi connectivity index (χ0n) is 15.0. The predicted octanol–water partition coefficient (Wildman–Crippen LogP) is 3.89. The van der Waals surface area contributed by atoms with Gasteiger partial charge in [-0.3, -0.25) is 0 Å². The van der Waals surface area contributed by atoms with Crippen LogP contribution in [0, 0.1) is 0 Å². The molecule has 0 aliphatic carbocycles. The molecule has 6 nitrogen and oxygen atoms in total. The van der Waals surface area contributed by atoms with E-state index in [1.54, 1.807) is 32.7 Å². The fourth-order valence-corrected chi connectivity index (χ4v) is 3.21. The SMILES string of the molecule is COc1nc(NCCc2ccc(OC)c(OC)c2)cc(-c2cccs2)n1. The van der Waals surface area contributed by atoms with Crippen molar-refractivity contribution in [2.75, 3.05) is 33.2 Å². The van der Waals surface area contributed by atoms with Gasteiger partial charge in [0.05, 0.1) is 31.9 Å². The molecule has 0 atom stereocenters. The maximum atomic E-state index is 5.35. The quantitative estimate of drug-likeness (QED) is 0.648. The summed E-state index contributed by atoms with van der Waals surface area (Å²) in [5.74, 6) is 2.19. The summed E-state index contributed by atoms with van der Waals surface area (Å²) < 4.78 is 15.8. The van der Waals surface area contributed by atoms with Crippen LogP contribution in [-0.2, 0) is 6.42 Å². The molecule has 0 aliphatic heterocycles. The standard InChI is InChI=1S/C19H21N3O3S/c1-23-15-7-6-13(11-16(15)24-2)8-9-20-18-12-14(17-5-4-10-26-17)21-19(22-18)25-3/h4-7,10-12H,8-9H2,1-3H3,(H,20,21,22). The van der Waals surface area contributed by atoms with Crippen LogP contribution in [0.25, 0.3) is 10.6 Å². The van der Waals surface area contributed by atoms with Gasteiger partial charge in [0.15, 0.2) is 11.5 Å². The minimum Gasteiger partial charge on any atom is -0.493 e. The largest absolute Gasteiger partial charge is 0.493 e. The molecule has 1 aromatic carbocycles. The molecular weight excluding hydrogens is 350 g/mol. The molecular formula is C19H21N3O3S. The van der Waals surface area contributed by atoms with Crippen LogP contribution in [0.2, 0.25) is 0 Å². The van der Waals surface area contributed by atoms with E-state index in [1.807, 2.05) is 41.8 Å². The number of aromatic nitrogens is 2. The van der Waals surface area contributed by atoms with Crippen molar-refractivity contribution in [3.05, 3.63) is 47.3 Å². The van der Waals surface area contributed by atoms with Crippen LogP contribution in [0.5, 0.6) is 17.5 Å². The molecule has 3 rings (SSSR count). The van der Waals surface area contributed by atoms with E-state index < -0.39 is 0 Å². The lowest BCUT2D eigenvalue weighted by Crippen LogP contribution is -2.08. The number of hydrogen-bond donors (Lipinski definition) is 1. The first-order valence-electron chi connectivity index (χ1n) is 8.15.